The van der Waals surface area contributed by atoms with Crippen molar-refractivity contribution >= 4 is 5.91 Å². The topological polar surface area (TPSA) is 56.9 Å². The first-order valence-corrected chi connectivity index (χ1v) is 8.03. The van der Waals surface area contributed by atoms with Crippen LogP contribution in [0, 0.1) is 12.7 Å². The lowest BCUT2D eigenvalue weighted by Crippen LogP contribution is -2.49. The highest BCUT2D eigenvalue weighted by Gasteiger charge is 2.21. The molecular weight excluding hydrogens is 311 g/mol. The van der Waals surface area contributed by atoms with E-state index in [9.17, 15) is 9.18 Å². The number of amides is 1. The number of carbonyl (C=O) groups is 1. The van der Waals surface area contributed by atoms with Gasteiger partial charge in [-0.2, -0.15) is 0 Å². The van der Waals surface area contributed by atoms with Crippen LogP contribution in [-0.2, 0) is 11.3 Å². The van der Waals surface area contributed by atoms with Crippen molar-refractivity contribution in [3.63, 3.8) is 0 Å². The maximum Gasteiger partial charge on any atom is 0.248 e. The summed E-state index contributed by atoms with van der Waals surface area (Å²) in [6, 6.07) is 8.49. The van der Waals surface area contributed by atoms with E-state index in [4.69, 9.17) is 9.52 Å². The molecule has 6 heteroatoms. The zero-order valence-corrected chi connectivity index (χ0v) is 13.7. The van der Waals surface area contributed by atoms with Crippen molar-refractivity contribution < 1.29 is 18.7 Å². The van der Waals surface area contributed by atoms with Crippen LogP contribution in [0.1, 0.15) is 11.3 Å². The van der Waals surface area contributed by atoms with Gasteiger partial charge in [-0.25, -0.2) is 4.39 Å². The summed E-state index contributed by atoms with van der Waals surface area (Å²) in [5.74, 6) is 1.10. The van der Waals surface area contributed by atoms with Gasteiger partial charge in [-0.15, -0.1) is 0 Å². The van der Waals surface area contributed by atoms with Crippen molar-refractivity contribution in [2.24, 2.45) is 0 Å². The molecule has 1 aromatic heterocycles. The highest BCUT2D eigenvalue weighted by molar-refractivity contribution is 5.77. The van der Waals surface area contributed by atoms with E-state index in [0.29, 0.717) is 19.6 Å². The summed E-state index contributed by atoms with van der Waals surface area (Å²) in [4.78, 5) is 15.3. The predicted molar refractivity (Wildman–Crippen MR) is 87.8 cm³/mol. The van der Waals surface area contributed by atoms with Gasteiger partial charge >= 0.3 is 0 Å². The second kappa shape index (κ2) is 7.15. The van der Waals surface area contributed by atoms with Crippen molar-refractivity contribution in [1.82, 2.24) is 9.80 Å². The first-order valence-electron chi connectivity index (χ1n) is 8.03. The molecular formula is C18H21FN2O3. The number of nitrogens with zero attached hydrogens (tertiary/aromatic N) is 2. The normalized spacial score (nSPS) is 15.7. The van der Waals surface area contributed by atoms with Gasteiger partial charge < -0.3 is 14.4 Å². The van der Waals surface area contributed by atoms with Gasteiger partial charge in [0, 0.05) is 31.7 Å². The van der Waals surface area contributed by atoms with Gasteiger partial charge in [0.2, 0.25) is 5.91 Å². The minimum Gasteiger partial charge on any atom is -0.460 e. The Bertz CT molecular complexity index is 721. The van der Waals surface area contributed by atoms with Gasteiger partial charge in [0.1, 0.15) is 23.9 Å². The van der Waals surface area contributed by atoms with Crippen molar-refractivity contribution in [1.29, 1.82) is 0 Å². The largest absolute Gasteiger partial charge is 0.460 e. The average molecular weight is 332 g/mol. The lowest BCUT2D eigenvalue weighted by Gasteiger charge is -2.33. The van der Waals surface area contributed by atoms with Gasteiger partial charge in [-0.05, 0) is 42.8 Å². The average Bonchev–Trinajstić information content (AvgIpc) is 3.03. The molecule has 128 valence electrons. The molecule has 2 aromatic rings. The molecule has 24 heavy (non-hydrogen) atoms. The van der Waals surface area contributed by atoms with Gasteiger partial charge in [-0.3, -0.25) is 9.69 Å². The van der Waals surface area contributed by atoms with Crippen LogP contribution in [0.4, 0.5) is 4.39 Å². The van der Waals surface area contributed by atoms with Crippen LogP contribution in [-0.4, -0.2) is 53.6 Å². The van der Waals surface area contributed by atoms with Crippen molar-refractivity contribution in [3.8, 4) is 11.3 Å². The standard InChI is InChI=1S/C18H21FN2O3/c1-13-10-14(19)2-4-16(13)17-5-3-15(24-17)11-20-6-8-21(9-7-20)18(23)12-22/h2-5,10,22H,6-9,11-12H2,1H3. The van der Waals surface area contributed by atoms with Crippen LogP contribution in [0.15, 0.2) is 34.7 Å². The van der Waals surface area contributed by atoms with E-state index in [1.54, 1.807) is 11.0 Å². The number of piperazine rings is 1. The summed E-state index contributed by atoms with van der Waals surface area (Å²) in [6.07, 6.45) is 0. The molecule has 1 aliphatic heterocycles. The van der Waals surface area contributed by atoms with E-state index in [-0.39, 0.29) is 11.7 Å². The Morgan fingerprint density at radius 3 is 2.62 bits per heavy atom. The molecule has 5 nitrogen and oxygen atoms in total. The van der Waals surface area contributed by atoms with E-state index in [1.165, 1.54) is 12.1 Å². The summed E-state index contributed by atoms with van der Waals surface area (Å²) in [5, 5.41) is 8.90. The highest BCUT2D eigenvalue weighted by Crippen LogP contribution is 2.26. The molecule has 0 aliphatic carbocycles. The molecule has 2 heterocycles. The zero-order valence-electron chi connectivity index (χ0n) is 13.7. The van der Waals surface area contributed by atoms with Crippen LogP contribution >= 0.6 is 0 Å². The number of carbonyl (C=O) groups excluding carboxylic acids is 1. The summed E-state index contributed by atoms with van der Waals surface area (Å²) >= 11 is 0. The number of aliphatic hydroxyl groups excluding tert-OH is 1. The van der Waals surface area contributed by atoms with Crippen LogP contribution in [0.25, 0.3) is 11.3 Å². The lowest BCUT2D eigenvalue weighted by atomic mass is 10.1. The number of furan rings is 1. The number of hydrogen-bond acceptors (Lipinski definition) is 4. The smallest absolute Gasteiger partial charge is 0.248 e. The van der Waals surface area contributed by atoms with Crippen LogP contribution in [0.5, 0.6) is 0 Å². The molecule has 3 rings (SSSR count). The molecule has 0 radical (unpaired) electrons. The number of benzene rings is 1. The summed E-state index contributed by atoms with van der Waals surface area (Å²) in [6.45, 7) is 4.82. The zero-order chi connectivity index (χ0) is 17.1. The second-order valence-corrected chi connectivity index (χ2v) is 6.04. The Labute approximate surface area is 140 Å². The molecule has 1 aromatic carbocycles. The molecule has 1 N–H and O–H groups in total. The highest BCUT2D eigenvalue weighted by atomic mass is 19.1. The van der Waals surface area contributed by atoms with Crippen LogP contribution in [0.2, 0.25) is 0 Å². The van der Waals surface area contributed by atoms with E-state index in [0.717, 1.165) is 35.7 Å². The Morgan fingerprint density at radius 2 is 1.96 bits per heavy atom. The summed E-state index contributed by atoms with van der Waals surface area (Å²) in [5.41, 5.74) is 1.73. The van der Waals surface area contributed by atoms with E-state index in [2.05, 4.69) is 4.90 Å². The first-order chi connectivity index (χ1) is 11.6. The van der Waals surface area contributed by atoms with Crippen molar-refractivity contribution in [2.75, 3.05) is 32.8 Å². The van der Waals surface area contributed by atoms with Gasteiger partial charge in [0.05, 0.1) is 6.54 Å². The van der Waals surface area contributed by atoms with E-state index in [1.807, 2.05) is 19.1 Å². The first kappa shape index (κ1) is 16.7. The summed E-state index contributed by atoms with van der Waals surface area (Å²) in [7, 11) is 0. The second-order valence-electron chi connectivity index (χ2n) is 6.04. The Hall–Kier alpha value is -2.18. The third-order valence-electron chi connectivity index (χ3n) is 4.36. The number of rotatable bonds is 4. The number of halogens is 1. The molecule has 0 bridgehead atoms. The molecule has 0 atom stereocenters. The number of hydrogen-bond donors (Lipinski definition) is 1. The SMILES string of the molecule is Cc1cc(F)ccc1-c1ccc(CN2CCN(C(=O)CO)CC2)o1. The third kappa shape index (κ3) is 3.66. The van der Waals surface area contributed by atoms with Gasteiger partial charge in [0.15, 0.2) is 0 Å². The lowest BCUT2D eigenvalue weighted by molar-refractivity contribution is -0.136. The van der Waals surface area contributed by atoms with Crippen LogP contribution in [0.3, 0.4) is 0 Å². The fourth-order valence-electron chi connectivity index (χ4n) is 2.99. The molecule has 0 saturated carbocycles. The van der Waals surface area contributed by atoms with E-state index >= 15 is 0 Å². The quantitative estimate of drug-likeness (QED) is 0.931. The van der Waals surface area contributed by atoms with Gasteiger partial charge in [-0.1, -0.05) is 0 Å². The molecule has 0 unspecified atom stereocenters. The van der Waals surface area contributed by atoms with E-state index < -0.39 is 6.61 Å². The third-order valence-corrected chi connectivity index (χ3v) is 4.36. The maximum atomic E-state index is 13.2. The molecule has 1 saturated heterocycles. The monoisotopic (exact) mass is 332 g/mol. The van der Waals surface area contributed by atoms with Crippen LogP contribution < -0.4 is 0 Å². The van der Waals surface area contributed by atoms with Crippen molar-refractivity contribution in [2.45, 2.75) is 13.5 Å². The van der Waals surface area contributed by atoms with Gasteiger partial charge in [0.25, 0.3) is 0 Å². The summed E-state index contributed by atoms with van der Waals surface area (Å²) < 4.78 is 19.1. The number of aryl methyl sites for hydroxylation is 1. The van der Waals surface area contributed by atoms with Crippen molar-refractivity contribution in [3.05, 3.63) is 47.5 Å². The fraction of sp³-hybridized carbons (Fsp3) is 0.389. The minimum absolute atomic E-state index is 0.221. The molecule has 1 fully saturated rings. The fourth-order valence-corrected chi connectivity index (χ4v) is 2.99. The number of aliphatic hydroxyl groups is 1. The Balaban J connectivity index is 1.62. The predicted octanol–water partition coefficient (Wildman–Crippen LogP) is 2.03. The minimum atomic E-state index is -0.432. The molecule has 1 aliphatic rings. The Morgan fingerprint density at radius 1 is 1.21 bits per heavy atom. The Kier molecular flexibility index (Phi) is 4.97. The molecule has 0 spiro atoms. The maximum absolute atomic E-state index is 13.2. The molecule has 1 amide bonds.